The first-order chi connectivity index (χ1) is 2.00. The van der Waals surface area contributed by atoms with Crippen LogP contribution in [0.5, 0.6) is 0 Å². The molecule has 0 atom stereocenters. The molecule has 0 aromatic rings. The summed E-state index contributed by atoms with van der Waals surface area (Å²) in [6.45, 7) is 0. The van der Waals surface area contributed by atoms with Crippen LogP contribution < -0.4 is 0 Å². The molecule has 0 amide bonds. The van der Waals surface area contributed by atoms with Crippen LogP contribution in [0.1, 0.15) is 0 Å². The standard InChI is InChI=1S/Ca.Ce.H3O4P.2H/c;;1-5(2,3)4;;/h;;(H3,1,2,3,4);;. The Balaban J connectivity index is -0.0000000800. The van der Waals surface area contributed by atoms with Gasteiger partial charge in [0.1, 0.15) is 0 Å². The first-order valence-corrected chi connectivity index (χ1v) is 2.35. The normalized spacial score (nSPS) is 8.43. The topological polar surface area (TPSA) is 77.8 Å². The molecule has 4 nitrogen and oxygen atoms in total. The van der Waals surface area contributed by atoms with Gasteiger partial charge in [0.15, 0.2) is 0 Å². The molecule has 0 unspecified atom stereocenters. The summed E-state index contributed by atoms with van der Waals surface area (Å²) in [7, 11) is -4.64. The van der Waals surface area contributed by atoms with Crippen molar-refractivity contribution < 1.29 is 61.0 Å². The third-order valence-electron chi connectivity index (χ3n) is 0. The van der Waals surface area contributed by atoms with E-state index in [1.54, 1.807) is 0 Å². The maximum atomic E-state index is 8.88. The Morgan fingerprint density at radius 2 is 1.14 bits per heavy atom. The predicted molar refractivity (Wildman–Crippen MR) is 22.8 cm³/mol. The molecule has 3 N–H and O–H groups in total. The van der Waals surface area contributed by atoms with Crippen molar-refractivity contribution in [3.63, 3.8) is 0 Å². The van der Waals surface area contributed by atoms with E-state index in [2.05, 4.69) is 0 Å². The Labute approximate surface area is 104 Å². The number of phosphoric acid groups is 1. The zero-order valence-electron chi connectivity index (χ0n) is 2.70. The molecule has 0 saturated carbocycles. The van der Waals surface area contributed by atoms with Crippen LogP contribution in [-0.4, -0.2) is 52.4 Å². The van der Waals surface area contributed by atoms with E-state index in [9.17, 15) is 0 Å². The Hall–Kier alpha value is 2.75. The van der Waals surface area contributed by atoms with Gasteiger partial charge in [0.25, 0.3) is 0 Å². The van der Waals surface area contributed by atoms with Crippen LogP contribution in [0.15, 0.2) is 0 Å². The van der Waals surface area contributed by atoms with Crippen molar-refractivity contribution in [2.45, 2.75) is 0 Å². The van der Waals surface area contributed by atoms with E-state index in [1.165, 1.54) is 0 Å². The van der Waals surface area contributed by atoms with Gasteiger partial charge >= 0.3 is 45.6 Å². The van der Waals surface area contributed by atoms with Crippen molar-refractivity contribution >= 4 is 45.6 Å². The second-order valence-corrected chi connectivity index (χ2v) is 1.54. The van der Waals surface area contributed by atoms with Gasteiger partial charge in [-0.25, -0.2) is 4.57 Å². The third kappa shape index (κ3) is 52.8. The van der Waals surface area contributed by atoms with Crippen LogP contribution in [0, 0.1) is 41.7 Å². The fourth-order valence-electron chi connectivity index (χ4n) is 0. The van der Waals surface area contributed by atoms with Gasteiger partial charge in [-0.3, -0.25) is 0 Å². The molecule has 0 heterocycles. The number of hydrogen-bond donors (Lipinski definition) is 3. The zero-order chi connectivity index (χ0) is 4.50. The van der Waals surface area contributed by atoms with E-state index >= 15 is 0 Å². The average Bonchev–Trinajstić information content (AvgIpc) is 0.722. The van der Waals surface area contributed by atoms with Crippen molar-refractivity contribution in [2.24, 2.45) is 0 Å². The van der Waals surface area contributed by atoms with Crippen LogP contribution in [0.4, 0.5) is 0 Å². The van der Waals surface area contributed by atoms with Crippen LogP contribution in [-0.2, 0) is 4.57 Å². The molecule has 7 heavy (non-hydrogen) atoms. The van der Waals surface area contributed by atoms with Crippen molar-refractivity contribution in [2.75, 3.05) is 0 Å². The van der Waals surface area contributed by atoms with Crippen molar-refractivity contribution in [1.82, 2.24) is 0 Å². The van der Waals surface area contributed by atoms with E-state index in [0.717, 1.165) is 0 Å². The van der Waals surface area contributed by atoms with Gasteiger partial charge in [0.05, 0.1) is 0 Å². The number of rotatable bonds is 0. The largest absolute Gasteiger partial charge is 0 e. The monoisotopic (exact) mass is 280 g/mol. The summed E-state index contributed by atoms with van der Waals surface area (Å²) in [6, 6.07) is 0. The van der Waals surface area contributed by atoms with Crippen LogP contribution in [0.3, 0.4) is 0 Å². The Morgan fingerprint density at radius 3 is 1.14 bits per heavy atom. The summed E-state index contributed by atoms with van der Waals surface area (Å²) in [5.41, 5.74) is 0. The fraction of sp³-hybridized carbons (Fsp3) is 0. The number of hydrogen-bond acceptors (Lipinski definition) is 1. The summed E-state index contributed by atoms with van der Waals surface area (Å²) in [4.78, 5) is 21.6. The van der Waals surface area contributed by atoms with E-state index in [4.69, 9.17) is 19.2 Å². The van der Waals surface area contributed by atoms with Gasteiger partial charge in [-0.1, -0.05) is 0 Å². The molecule has 0 aromatic carbocycles. The summed E-state index contributed by atoms with van der Waals surface area (Å²) >= 11 is 0. The van der Waals surface area contributed by atoms with Crippen molar-refractivity contribution in [3.8, 4) is 0 Å². The first-order valence-electron chi connectivity index (χ1n) is 0.783. The average molecular weight is 280 g/mol. The molecule has 7 heteroatoms. The maximum absolute atomic E-state index is 8.88. The molecule has 0 spiro atoms. The molecule has 0 radical (unpaired) electrons. The Morgan fingerprint density at radius 1 is 1.14 bits per heavy atom. The van der Waals surface area contributed by atoms with Crippen LogP contribution in [0.2, 0.25) is 0 Å². The second-order valence-electron chi connectivity index (χ2n) is 0.513. The van der Waals surface area contributed by atoms with Crippen LogP contribution in [0.25, 0.3) is 0 Å². The maximum Gasteiger partial charge on any atom is 0 e. The molecular weight excluding hydrogens is 275 g/mol. The van der Waals surface area contributed by atoms with E-state index in [-0.39, 0.29) is 79.5 Å². The molecule has 0 fully saturated rings. The summed E-state index contributed by atoms with van der Waals surface area (Å²) < 4.78 is 8.88. The SMILES string of the molecule is O=P(O)(O)O.[CaH2].[Ce]. The van der Waals surface area contributed by atoms with E-state index < -0.39 is 7.82 Å². The molecule has 0 saturated heterocycles. The smallest absolute Gasteiger partial charge is 0 e. The Bertz CT molecular complexity index is 57.8. The summed E-state index contributed by atoms with van der Waals surface area (Å²) in [6.07, 6.45) is 0. The van der Waals surface area contributed by atoms with Gasteiger partial charge in [-0.05, 0) is 0 Å². The second kappa shape index (κ2) is 6.86. The third-order valence-corrected chi connectivity index (χ3v) is 0. The molecular formula is H5CaCeO4P. The minimum Gasteiger partial charge on any atom is 0 e. The minimum atomic E-state index is -4.64. The summed E-state index contributed by atoms with van der Waals surface area (Å²) in [5.74, 6) is 0. The minimum absolute atomic E-state index is 0. The van der Waals surface area contributed by atoms with Gasteiger partial charge in [0, 0.05) is 41.7 Å². The van der Waals surface area contributed by atoms with E-state index in [1.807, 2.05) is 0 Å². The summed E-state index contributed by atoms with van der Waals surface area (Å²) in [5, 5.41) is 0. The quantitative estimate of drug-likeness (QED) is 0.360. The molecule has 0 bridgehead atoms. The Kier molecular flexibility index (Phi) is 16.1. The molecule has 0 aliphatic carbocycles. The van der Waals surface area contributed by atoms with Gasteiger partial charge in [-0.2, -0.15) is 0 Å². The predicted octanol–water partition coefficient (Wildman–Crippen LogP) is -1.84. The molecule has 0 aliphatic rings. The van der Waals surface area contributed by atoms with E-state index in [0.29, 0.717) is 0 Å². The molecule has 0 aromatic heterocycles. The fourth-order valence-corrected chi connectivity index (χ4v) is 0. The molecule has 40 valence electrons. The van der Waals surface area contributed by atoms with Crippen molar-refractivity contribution in [3.05, 3.63) is 0 Å². The molecule has 0 aliphatic heterocycles. The first kappa shape index (κ1) is 16.4. The van der Waals surface area contributed by atoms with Crippen molar-refractivity contribution in [1.29, 1.82) is 0 Å². The van der Waals surface area contributed by atoms with Gasteiger partial charge in [0.2, 0.25) is 0 Å². The van der Waals surface area contributed by atoms with Gasteiger partial charge < -0.3 is 14.7 Å². The molecule has 0 rings (SSSR count). The van der Waals surface area contributed by atoms with Crippen LogP contribution >= 0.6 is 7.82 Å². The van der Waals surface area contributed by atoms with Gasteiger partial charge in [-0.15, -0.1) is 0 Å². The zero-order valence-corrected chi connectivity index (χ0v) is 6.73.